The summed E-state index contributed by atoms with van der Waals surface area (Å²) in [5, 5.41) is 6.43. The van der Waals surface area contributed by atoms with Gasteiger partial charge < -0.3 is 4.90 Å². The number of halogens is 1. The Labute approximate surface area is 116 Å². The highest BCUT2D eigenvalue weighted by Crippen LogP contribution is 2.34. The number of nitrogens with zero attached hydrogens (tertiary/aromatic N) is 2. The van der Waals surface area contributed by atoms with Gasteiger partial charge in [-0.05, 0) is 18.4 Å². The van der Waals surface area contributed by atoms with Gasteiger partial charge in [0.25, 0.3) is 5.56 Å². The quantitative estimate of drug-likeness (QED) is 0.933. The second-order valence-electron chi connectivity index (χ2n) is 4.74. The van der Waals surface area contributed by atoms with Crippen molar-refractivity contribution in [2.45, 2.75) is 25.4 Å². The van der Waals surface area contributed by atoms with Crippen LogP contribution in [-0.2, 0) is 6.54 Å². The van der Waals surface area contributed by atoms with Crippen molar-refractivity contribution in [3.05, 3.63) is 57.5 Å². The number of anilines is 1. The summed E-state index contributed by atoms with van der Waals surface area (Å²) in [6, 6.07) is 10.6. The summed E-state index contributed by atoms with van der Waals surface area (Å²) in [5.74, 6) is 0. The first-order valence-electron chi connectivity index (χ1n) is 6.29. The molecule has 19 heavy (non-hydrogen) atoms. The molecule has 1 saturated carbocycles. The summed E-state index contributed by atoms with van der Waals surface area (Å²) in [7, 11) is 0. The molecule has 0 saturated heterocycles. The number of rotatable bonds is 4. The average molecular weight is 276 g/mol. The van der Waals surface area contributed by atoms with Crippen molar-refractivity contribution in [1.82, 2.24) is 10.2 Å². The molecule has 1 N–H and O–H groups in total. The molecule has 98 valence electrons. The van der Waals surface area contributed by atoms with Crippen molar-refractivity contribution in [3.63, 3.8) is 0 Å². The molecule has 0 radical (unpaired) electrons. The molecule has 0 amide bonds. The number of aromatic amines is 1. The van der Waals surface area contributed by atoms with E-state index < -0.39 is 0 Å². The maximum Gasteiger partial charge on any atom is 0.285 e. The van der Waals surface area contributed by atoms with E-state index in [-0.39, 0.29) is 10.6 Å². The van der Waals surface area contributed by atoms with Crippen molar-refractivity contribution in [1.29, 1.82) is 0 Å². The summed E-state index contributed by atoms with van der Waals surface area (Å²) in [6.45, 7) is 0.746. The highest BCUT2D eigenvalue weighted by Gasteiger charge is 2.31. The van der Waals surface area contributed by atoms with E-state index in [1.54, 1.807) is 6.20 Å². The smallest absolute Gasteiger partial charge is 0.285 e. The largest absolute Gasteiger partial charge is 0.362 e. The van der Waals surface area contributed by atoms with E-state index in [0.29, 0.717) is 6.04 Å². The molecule has 0 unspecified atom stereocenters. The standard InChI is InChI=1S/C14H14ClN3O/c15-13-12(8-16-17-14(13)19)18(11-6-7-11)9-10-4-2-1-3-5-10/h1-5,8,11H,6-7,9H2,(H,17,19). The molecule has 0 atom stereocenters. The molecule has 3 rings (SSSR count). The second kappa shape index (κ2) is 5.05. The van der Waals surface area contributed by atoms with Gasteiger partial charge in [-0.3, -0.25) is 4.79 Å². The molecule has 1 aromatic carbocycles. The number of hydrogen-bond donors (Lipinski definition) is 1. The maximum absolute atomic E-state index is 11.6. The summed E-state index contributed by atoms with van der Waals surface area (Å²) in [6.07, 6.45) is 3.90. The molecular weight excluding hydrogens is 262 g/mol. The third-order valence-electron chi connectivity index (χ3n) is 3.27. The van der Waals surface area contributed by atoms with E-state index in [0.717, 1.165) is 25.1 Å². The van der Waals surface area contributed by atoms with Crippen LogP contribution in [-0.4, -0.2) is 16.2 Å². The minimum atomic E-state index is -0.335. The van der Waals surface area contributed by atoms with Gasteiger partial charge >= 0.3 is 0 Å². The molecule has 5 heteroatoms. The average Bonchev–Trinajstić information content (AvgIpc) is 3.25. The normalized spacial score (nSPS) is 14.4. The van der Waals surface area contributed by atoms with E-state index >= 15 is 0 Å². The molecule has 0 aliphatic heterocycles. The molecular formula is C14H14ClN3O. The predicted molar refractivity (Wildman–Crippen MR) is 75.5 cm³/mol. The SMILES string of the molecule is O=c1[nH]ncc(N(Cc2ccccc2)C2CC2)c1Cl. The fourth-order valence-corrected chi connectivity index (χ4v) is 2.35. The third-order valence-corrected chi connectivity index (χ3v) is 3.64. The Kier molecular flexibility index (Phi) is 3.25. The van der Waals surface area contributed by atoms with E-state index in [4.69, 9.17) is 11.6 Å². The fraction of sp³-hybridized carbons (Fsp3) is 0.286. The zero-order valence-corrected chi connectivity index (χ0v) is 11.1. The van der Waals surface area contributed by atoms with E-state index in [1.165, 1.54) is 5.56 Å². The molecule has 1 heterocycles. The first-order chi connectivity index (χ1) is 9.25. The number of benzene rings is 1. The van der Waals surface area contributed by atoms with Crippen LogP contribution in [0.3, 0.4) is 0 Å². The minimum absolute atomic E-state index is 0.220. The maximum atomic E-state index is 11.6. The van der Waals surface area contributed by atoms with Crippen LogP contribution < -0.4 is 10.5 Å². The van der Waals surface area contributed by atoms with E-state index in [2.05, 4.69) is 27.2 Å². The van der Waals surface area contributed by atoms with Crippen LogP contribution in [0.5, 0.6) is 0 Å². The van der Waals surface area contributed by atoms with Crippen LogP contribution in [0.15, 0.2) is 41.3 Å². The Morgan fingerprint density at radius 3 is 2.74 bits per heavy atom. The lowest BCUT2D eigenvalue weighted by Gasteiger charge is -2.24. The van der Waals surface area contributed by atoms with Gasteiger partial charge in [0.2, 0.25) is 0 Å². The van der Waals surface area contributed by atoms with Gasteiger partial charge in [0, 0.05) is 12.6 Å². The number of nitrogens with one attached hydrogen (secondary N) is 1. The van der Waals surface area contributed by atoms with E-state index in [1.807, 2.05) is 18.2 Å². The summed E-state index contributed by atoms with van der Waals surface area (Å²) >= 11 is 6.10. The zero-order valence-electron chi connectivity index (χ0n) is 10.3. The Bertz CT molecular complexity index is 622. The van der Waals surface area contributed by atoms with Crippen LogP contribution in [0, 0.1) is 0 Å². The molecule has 2 aromatic rings. The first-order valence-corrected chi connectivity index (χ1v) is 6.67. The lowest BCUT2D eigenvalue weighted by molar-refractivity contribution is 0.785. The van der Waals surface area contributed by atoms with Crippen LogP contribution in [0.4, 0.5) is 5.69 Å². The van der Waals surface area contributed by atoms with Gasteiger partial charge in [0.15, 0.2) is 0 Å². The lowest BCUT2D eigenvalue weighted by atomic mass is 10.2. The Morgan fingerprint density at radius 2 is 2.05 bits per heavy atom. The zero-order chi connectivity index (χ0) is 13.2. The molecule has 0 spiro atoms. The first kappa shape index (κ1) is 12.2. The van der Waals surface area contributed by atoms with Gasteiger partial charge in [-0.1, -0.05) is 41.9 Å². The van der Waals surface area contributed by atoms with Crippen molar-refractivity contribution in [2.75, 3.05) is 4.90 Å². The predicted octanol–water partition coefficient (Wildman–Crippen LogP) is 2.59. The van der Waals surface area contributed by atoms with E-state index in [9.17, 15) is 4.79 Å². The van der Waals surface area contributed by atoms with Crippen LogP contribution >= 0.6 is 11.6 Å². The molecule has 1 aliphatic rings. The highest BCUT2D eigenvalue weighted by atomic mass is 35.5. The topological polar surface area (TPSA) is 49.0 Å². The number of H-pyrrole nitrogens is 1. The van der Waals surface area contributed by atoms with Gasteiger partial charge in [-0.25, -0.2) is 5.10 Å². The summed E-state index contributed by atoms with van der Waals surface area (Å²) < 4.78 is 0. The monoisotopic (exact) mass is 275 g/mol. The van der Waals surface area contributed by atoms with Crippen molar-refractivity contribution < 1.29 is 0 Å². The Morgan fingerprint density at radius 1 is 1.32 bits per heavy atom. The molecule has 1 aliphatic carbocycles. The third kappa shape index (κ3) is 2.63. The van der Waals surface area contributed by atoms with Crippen LogP contribution in [0.2, 0.25) is 5.02 Å². The highest BCUT2D eigenvalue weighted by molar-refractivity contribution is 6.33. The lowest BCUT2D eigenvalue weighted by Crippen LogP contribution is -2.27. The van der Waals surface area contributed by atoms with Crippen molar-refractivity contribution in [3.8, 4) is 0 Å². The second-order valence-corrected chi connectivity index (χ2v) is 5.12. The van der Waals surface area contributed by atoms with Crippen molar-refractivity contribution >= 4 is 17.3 Å². The Hall–Kier alpha value is -1.81. The summed E-state index contributed by atoms with van der Waals surface area (Å²) in [4.78, 5) is 13.7. The molecule has 4 nitrogen and oxygen atoms in total. The number of aromatic nitrogens is 2. The van der Waals surface area contributed by atoms with Crippen LogP contribution in [0.25, 0.3) is 0 Å². The van der Waals surface area contributed by atoms with Crippen LogP contribution in [0.1, 0.15) is 18.4 Å². The fourth-order valence-electron chi connectivity index (χ4n) is 2.15. The molecule has 1 fully saturated rings. The van der Waals surface area contributed by atoms with Gasteiger partial charge in [-0.2, -0.15) is 5.10 Å². The molecule has 0 bridgehead atoms. The summed E-state index contributed by atoms with van der Waals surface area (Å²) in [5.41, 5.74) is 1.58. The van der Waals surface area contributed by atoms with Gasteiger partial charge in [0.1, 0.15) is 5.02 Å². The number of hydrogen-bond acceptors (Lipinski definition) is 3. The van der Waals surface area contributed by atoms with Gasteiger partial charge in [0.05, 0.1) is 11.9 Å². The Balaban J connectivity index is 1.93. The minimum Gasteiger partial charge on any atom is -0.362 e. The van der Waals surface area contributed by atoms with Gasteiger partial charge in [-0.15, -0.1) is 0 Å². The molecule has 1 aromatic heterocycles. The van der Waals surface area contributed by atoms with Crippen molar-refractivity contribution in [2.24, 2.45) is 0 Å².